The van der Waals surface area contributed by atoms with Crippen LogP contribution in [0.3, 0.4) is 0 Å². The van der Waals surface area contributed by atoms with Gasteiger partial charge in [-0.05, 0) is 43.7 Å². The Kier molecular flexibility index (Phi) is 13.1. The fourth-order valence-electron chi connectivity index (χ4n) is 3.10. The van der Waals surface area contributed by atoms with E-state index in [9.17, 15) is 9.59 Å². The topological polar surface area (TPSA) is 112 Å². The quantitative estimate of drug-likeness (QED) is 0.189. The lowest BCUT2D eigenvalue weighted by atomic mass is 10.1. The van der Waals surface area contributed by atoms with Gasteiger partial charge in [0, 0.05) is 38.3 Å². The lowest BCUT2D eigenvalue weighted by molar-refractivity contribution is -0.117. The molecule has 9 heteroatoms. The summed E-state index contributed by atoms with van der Waals surface area (Å²) in [5.41, 5.74) is 7.84. The molecule has 0 aliphatic rings. The van der Waals surface area contributed by atoms with E-state index in [1.807, 2.05) is 18.2 Å². The van der Waals surface area contributed by atoms with Crippen molar-refractivity contribution >= 4 is 41.8 Å². The maximum absolute atomic E-state index is 11.9. The molecule has 33 heavy (non-hydrogen) atoms. The van der Waals surface area contributed by atoms with Crippen LogP contribution in [0.15, 0.2) is 59.6 Å². The normalized spacial score (nSPS) is 11.9. The molecule has 5 N–H and O–H groups in total. The molecule has 2 amide bonds. The first-order valence-corrected chi connectivity index (χ1v) is 10.7. The van der Waals surface area contributed by atoms with Gasteiger partial charge in [-0.2, -0.15) is 0 Å². The molecule has 0 heterocycles. The van der Waals surface area contributed by atoms with E-state index in [4.69, 9.17) is 5.73 Å². The maximum Gasteiger partial charge on any atom is 0.251 e. The third-order valence-corrected chi connectivity index (χ3v) is 5.20. The second kappa shape index (κ2) is 15.2. The number of halogens is 1. The van der Waals surface area contributed by atoms with E-state index < -0.39 is 5.91 Å². The van der Waals surface area contributed by atoms with Gasteiger partial charge in [0.1, 0.15) is 0 Å². The van der Waals surface area contributed by atoms with E-state index in [2.05, 4.69) is 64.1 Å². The summed E-state index contributed by atoms with van der Waals surface area (Å²) in [6.45, 7) is 4.35. The third-order valence-electron chi connectivity index (χ3n) is 5.20. The Labute approximate surface area is 213 Å². The molecule has 0 bridgehead atoms. The van der Waals surface area contributed by atoms with Crippen LogP contribution in [0.4, 0.5) is 0 Å². The summed E-state index contributed by atoms with van der Waals surface area (Å²) in [7, 11) is 3.88. The predicted octanol–water partition coefficient (Wildman–Crippen LogP) is 2.10. The van der Waals surface area contributed by atoms with Crippen LogP contribution in [0.5, 0.6) is 0 Å². The van der Waals surface area contributed by atoms with Crippen molar-refractivity contribution in [3.8, 4) is 0 Å². The number of benzene rings is 2. The van der Waals surface area contributed by atoms with Crippen molar-refractivity contribution in [1.82, 2.24) is 20.9 Å². The Morgan fingerprint density at radius 1 is 1.00 bits per heavy atom. The first kappa shape index (κ1) is 28.4. The number of hydrogen-bond acceptors (Lipinski definition) is 4. The standard InChI is InChI=1S/C24H34N6O2.HI/c1-18(30(3)17-20-7-5-4-6-8-20)13-14-27-24(26-2)29-15-19-9-11-21(12-10-19)23(32)28-16-22(25)31;/h4-12,18H,13-17H2,1-3H3,(H2,25,31)(H,28,32)(H2,26,27,29);1H. The monoisotopic (exact) mass is 566 g/mol. The lowest BCUT2D eigenvalue weighted by Crippen LogP contribution is -2.39. The molecule has 2 aromatic rings. The van der Waals surface area contributed by atoms with Crippen molar-refractivity contribution in [3.05, 3.63) is 71.3 Å². The van der Waals surface area contributed by atoms with Crippen molar-refractivity contribution < 1.29 is 9.59 Å². The molecular weight excluding hydrogens is 531 g/mol. The van der Waals surface area contributed by atoms with E-state index in [1.54, 1.807) is 19.2 Å². The average molecular weight is 566 g/mol. The van der Waals surface area contributed by atoms with E-state index >= 15 is 0 Å². The van der Waals surface area contributed by atoms with Gasteiger partial charge < -0.3 is 21.7 Å². The van der Waals surface area contributed by atoms with Crippen LogP contribution >= 0.6 is 24.0 Å². The van der Waals surface area contributed by atoms with Crippen molar-refractivity contribution in [3.63, 3.8) is 0 Å². The number of primary amides is 1. The van der Waals surface area contributed by atoms with E-state index in [-0.39, 0.29) is 36.4 Å². The highest BCUT2D eigenvalue weighted by Gasteiger charge is 2.10. The lowest BCUT2D eigenvalue weighted by Gasteiger charge is -2.25. The number of amides is 2. The largest absolute Gasteiger partial charge is 0.368 e. The average Bonchev–Trinajstić information content (AvgIpc) is 2.80. The van der Waals surface area contributed by atoms with Crippen molar-refractivity contribution in [2.75, 3.05) is 27.2 Å². The van der Waals surface area contributed by atoms with Crippen molar-refractivity contribution in [2.45, 2.75) is 32.5 Å². The Balaban J connectivity index is 0.00000544. The fourth-order valence-corrected chi connectivity index (χ4v) is 3.10. The molecule has 0 spiro atoms. The molecule has 0 fully saturated rings. The molecule has 2 rings (SSSR count). The molecule has 0 radical (unpaired) electrons. The number of nitrogens with two attached hydrogens (primary N) is 1. The number of rotatable bonds is 11. The van der Waals surface area contributed by atoms with Gasteiger partial charge in [-0.3, -0.25) is 19.5 Å². The minimum absolute atomic E-state index is 0. The first-order valence-electron chi connectivity index (χ1n) is 10.7. The first-order chi connectivity index (χ1) is 15.4. The molecule has 0 saturated carbocycles. The van der Waals surface area contributed by atoms with E-state index in [0.29, 0.717) is 18.2 Å². The van der Waals surface area contributed by atoms with Gasteiger partial charge in [0.15, 0.2) is 5.96 Å². The number of guanidine groups is 1. The molecule has 0 aliphatic heterocycles. The number of nitrogens with one attached hydrogen (secondary N) is 3. The summed E-state index contributed by atoms with van der Waals surface area (Å²) in [5, 5.41) is 9.10. The number of hydrogen-bond donors (Lipinski definition) is 4. The smallest absolute Gasteiger partial charge is 0.251 e. The molecule has 180 valence electrons. The predicted molar refractivity (Wildman–Crippen MR) is 144 cm³/mol. The number of nitrogens with zero attached hydrogens (tertiary/aromatic N) is 2. The van der Waals surface area contributed by atoms with Gasteiger partial charge in [0.2, 0.25) is 5.91 Å². The van der Waals surface area contributed by atoms with Crippen molar-refractivity contribution in [1.29, 1.82) is 0 Å². The van der Waals surface area contributed by atoms with Crippen LogP contribution in [0.25, 0.3) is 0 Å². The summed E-state index contributed by atoms with van der Waals surface area (Å²) >= 11 is 0. The second-order valence-corrected chi connectivity index (χ2v) is 7.74. The van der Waals surface area contributed by atoms with Gasteiger partial charge in [-0.1, -0.05) is 42.5 Å². The molecule has 1 unspecified atom stereocenters. The summed E-state index contributed by atoms with van der Waals surface area (Å²) in [5.74, 6) is -0.173. The summed E-state index contributed by atoms with van der Waals surface area (Å²) in [6.07, 6.45) is 0.985. The number of carbonyl (C=O) groups excluding carboxylic acids is 2. The fraction of sp³-hybridized carbons (Fsp3) is 0.375. The van der Waals surface area contributed by atoms with Gasteiger partial charge in [-0.15, -0.1) is 24.0 Å². The third kappa shape index (κ3) is 10.7. The Morgan fingerprint density at radius 3 is 2.27 bits per heavy atom. The van der Waals surface area contributed by atoms with Gasteiger partial charge in [0.25, 0.3) is 5.91 Å². The van der Waals surface area contributed by atoms with Crippen molar-refractivity contribution in [2.24, 2.45) is 10.7 Å². The zero-order valence-corrected chi connectivity index (χ0v) is 21.8. The summed E-state index contributed by atoms with van der Waals surface area (Å²) in [4.78, 5) is 29.3. The zero-order valence-electron chi connectivity index (χ0n) is 19.5. The number of aliphatic imine (C=N–C) groups is 1. The van der Waals surface area contributed by atoms with Crippen LogP contribution in [0.2, 0.25) is 0 Å². The summed E-state index contributed by atoms with van der Waals surface area (Å²) in [6, 6.07) is 18.0. The number of carbonyl (C=O) groups is 2. The van der Waals surface area contributed by atoms with Crippen LogP contribution in [-0.2, 0) is 17.9 Å². The molecule has 2 aromatic carbocycles. The van der Waals surface area contributed by atoms with E-state index in [0.717, 1.165) is 31.0 Å². The molecule has 8 nitrogen and oxygen atoms in total. The molecule has 0 aliphatic carbocycles. The summed E-state index contributed by atoms with van der Waals surface area (Å²) < 4.78 is 0. The maximum atomic E-state index is 11.9. The minimum atomic E-state index is -0.574. The van der Waals surface area contributed by atoms with Crippen LogP contribution in [-0.4, -0.2) is 55.9 Å². The SMILES string of the molecule is CN=C(NCCC(C)N(C)Cc1ccccc1)NCc1ccc(C(=O)NCC(N)=O)cc1.I. The van der Waals surface area contributed by atoms with Gasteiger partial charge in [0.05, 0.1) is 6.54 Å². The Morgan fingerprint density at radius 2 is 1.67 bits per heavy atom. The van der Waals surface area contributed by atoms with Crippen LogP contribution in [0.1, 0.15) is 34.8 Å². The minimum Gasteiger partial charge on any atom is -0.368 e. The Bertz CT molecular complexity index is 890. The molecule has 0 aromatic heterocycles. The van der Waals surface area contributed by atoms with Gasteiger partial charge in [-0.25, -0.2) is 0 Å². The highest BCUT2D eigenvalue weighted by molar-refractivity contribution is 14.0. The van der Waals surface area contributed by atoms with Gasteiger partial charge >= 0.3 is 0 Å². The Hall–Kier alpha value is -2.66. The van der Waals surface area contributed by atoms with Crippen LogP contribution < -0.4 is 21.7 Å². The zero-order chi connectivity index (χ0) is 23.3. The highest BCUT2D eigenvalue weighted by Crippen LogP contribution is 2.08. The molecule has 0 saturated heterocycles. The second-order valence-electron chi connectivity index (χ2n) is 7.74. The molecular formula is C24H35IN6O2. The van der Waals surface area contributed by atoms with E-state index in [1.165, 1.54) is 5.56 Å². The molecule has 1 atom stereocenters. The highest BCUT2D eigenvalue weighted by atomic mass is 127. The van der Waals surface area contributed by atoms with Crippen LogP contribution in [0, 0.1) is 0 Å².